The van der Waals surface area contributed by atoms with Crippen LogP contribution in [0.1, 0.15) is 47.9 Å². The molecule has 0 bridgehead atoms. The van der Waals surface area contributed by atoms with Gasteiger partial charge in [0.1, 0.15) is 11.3 Å². The topological polar surface area (TPSA) is 38.7 Å². The van der Waals surface area contributed by atoms with Crippen LogP contribution in [0.5, 0.6) is 5.75 Å². The van der Waals surface area contributed by atoms with E-state index in [0.717, 1.165) is 37.0 Å². The molecule has 0 unspecified atom stereocenters. The molecule has 19 heavy (non-hydrogen) atoms. The normalized spacial score (nSPS) is 19.3. The molecule has 2 aliphatic carbocycles. The number of rotatable bonds is 3. The van der Waals surface area contributed by atoms with Crippen LogP contribution in [0.3, 0.4) is 0 Å². The Kier molecular flexibility index (Phi) is 2.94. The summed E-state index contributed by atoms with van der Waals surface area (Å²) in [6, 6.07) is 2.16. The molecule has 1 fully saturated rings. The van der Waals surface area contributed by atoms with E-state index in [1.807, 2.05) is 0 Å². The van der Waals surface area contributed by atoms with E-state index < -0.39 is 0 Å². The maximum absolute atomic E-state index is 10.7. The predicted octanol–water partition coefficient (Wildman–Crippen LogP) is 3.21. The van der Waals surface area contributed by atoms with Crippen LogP contribution in [-0.4, -0.2) is 13.2 Å². The third-order valence-electron chi connectivity index (χ3n) is 4.56. The molecule has 0 spiro atoms. The van der Waals surface area contributed by atoms with E-state index in [1.54, 1.807) is 13.2 Å². The lowest BCUT2D eigenvalue weighted by molar-refractivity contribution is 0.402. The Labute approximate surface area is 113 Å². The van der Waals surface area contributed by atoms with Crippen molar-refractivity contribution in [2.24, 2.45) is 4.99 Å². The Morgan fingerprint density at radius 3 is 2.68 bits per heavy atom. The minimum atomic E-state index is -0.344. The lowest BCUT2D eigenvalue weighted by Crippen LogP contribution is -2.14. The van der Waals surface area contributed by atoms with Crippen LogP contribution >= 0.6 is 0 Å². The molecule has 0 heterocycles. The van der Waals surface area contributed by atoms with Crippen molar-refractivity contribution in [2.45, 2.75) is 51.0 Å². The van der Waals surface area contributed by atoms with Crippen LogP contribution in [0.15, 0.2) is 11.1 Å². The van der Waals surface area contributed by atoms with E-state index in [-0.39, 0.29) is 5.54 Å². The summed E-state index contributed by atoms with van der Waals surface area (Å²) in [5.74, 6) is 0.898. The van der Waals surface area contributed by atoms with Gasteiger partial charge in [0.05, 0.1) is 7.11 Å². The highest BCUT2D eigenvalue weighted by Gasteiger charge is 2.48. The van der Waals surface area contributed by atoms with Gasteiger partial charge < -0.3 is 4.74 Å². The minimum Gasteiger partial charge on any atom is -0.496 e. The summed E-state index contributed by atoms with van der Waals surface area (Å²) in [5, 5.41) is 0. The van der Waals surface area contributed by atoms with Gasteiger partial charge in [0.25, 0.3) is 0 Å². The number of fused-ring (bicyclic) bond motifs is 1. The highest BCUT2D eigenvalue weighted by Crippen LogP contribution is 2.54. The third-order valence-corrected chi connectivity index (χ3v) is 4.56. The molecular weight excluding hydrogens is 238 g/mol. The van der Waals surface area contributed by atoms with Gasteiger partial charge in [-0.25, -0.2) is 4.79 Å². The van der Waals surface area contributed by atoms with Crippen molar-refractivity contribution in [2.75, 3.05) is 7.11 Å². The number of aryl methyl sites for hydroxylation is 1. The number of ether oxygens (including phenoxy) is 1. The van der Waals surface area contributed by atoms with Crippen molar-refractivity contribution in [3.05, 3.63) is 28.3 Å². The number of benzene rings is 1. The SMILES string of the molecule is COc1cc2c(c(C)c1C1(N=C=O)CC1)CCCC2. The second-order valence-corrected chi connectivity index (χ2v) is 5.66. The Bertz CT molecular complexity index is 567. The summed E-state index contributed by atoms with van der Waals surface area (Å²) in [5.41, 5.74) is 4.93. The monoisotopic (exact) mass is 257 g/mol. The van der Waals surface area contributed by atoms with Gasteiger partial charge in [-0.2, -0.15) is 4.99 Å². The molecule has 0 saturated heterocycles. The number of aliphatic imine (C=N–C) groups is 1. The molecule has 1 aromatic carbocycles. The smallest absolute Gasteiger partial charge is 0.235 e. The number of hydrogen-bond donors (Lipinski definition) is 0. The fourth-order valence-corrected chi connectivity index (χ4v) is 3.45. The first-order valence-corrected chi connectivity index (χ1v) is 7.01. The van der Waals surface area contributed by atoms with Crippen molar-refractivity contribution in [3.63, 3.8) is 0 Å². The van der Waals surface area contributed by atoms with Crippen LogP contribution in [0.25, 0.3) is 0 Å². The van der Waals surface area contributed by atoms with E-state index >= 15 is 0 Å². The Balaban J connectivity index is 2.20. The highest BCUT2D eigenvalue weighted by atomic mass is 16.5. The van der Waals surface area contributed by atoms with Crippen LogP contribution < -0.4 is 4.74 Å². The van der Waals surface area contributed by atoms with Crippen LogP contribution in [0.2, 0.25) is 0 Å². The molecule has 0 aromatic heterocycles. The average molecular weight is 257 g/mol. The van der Waals surface area contributed by atoms with Gasteiger partial charge in [-0.15, -0.1) is 0 Å². The van der Waals surface area contributed by atoms with Crippen LogP contribution in [0, 0.1) is 6.92 Å². The number of isocyanates is 1. The molecular formula is C16H19NO2. The fourth-order valence-electron chi connectivity index (χ4n) is 3.45. The van der Waals surface area contributed by atoms with Gasteiger partial charge in [0.2, 0.25) is 6.08 Å². The van der Waals surface area contributed by atoms with Crippen molar-refractivity contribution in [3.8, 4) is 5.75 Å². The highest BCUT2D eigenvalue weighted by molar-refractivity contribution is 5.56. The zero-order valence-corrected chi connectivity index (χ0v) is 11.6. The number of carbonyl (C=O) groups excluding carboxylic acids is 1. The van der Waals surface area contributed by atoms with Gasteiger partial charge in [0, 0.05) is 5.56 Å². The van der Waals surface area contributed by atoms with Gasteiger partial charge in [-0.05, 0) is 68.2 Å². The first-order valence-electron chi connectivity index (χ1n) is 7.01. The molecule has 1 saturated carbocycles. The molecule has 0 amide bonds. The molecule has 0 atom stereocenters. The summed E-state index contributed by atoms with van der Waals surface area (Å²) in [4.78, 5) is 14.8. The summed E-state index contributed by atoms with van der Waals surface area (Å²) < 4.78 is 5.58. The van der Waals surface area contributed by atoms with Crippen LogP contribution in [0.4, 0.5) is 0 Å². The quantitative estimate of drug-likeness (QED) is 0.616. The van der Waals surface area contributed by atoms with Gasteiger partial charge in [-0.1, -0.05) is 0 Å². The first kappa shape index (κ1) is 12.4. The Morgan fingerprint density at radius 2 is 2.05 bits per heavy atom. The van der Waals surface area contributed by atoms with E-state index in [2.05, 4.69) is 18.0 Å². The summed E-state index contributed by atoms with van der Waals surface area (Å²) in [6.07, 6.45) is 8.39. The van der Waals surface area contributed by atoms with Crippen LogP contribution in [-0.2, 0) is 23.2 Å². The molecule has 100 valence electrons. The van der Waals surface area contributed by atoms with E-state index in [1.165, 1.54) is 29.5 Å². The van der Waals surface area contributed by atoms with Gasteiger partial charge in [-0.3, -0.25) is 0 Å². The Morgan fingerprint density at radius 1 is 1.32 bits per heavy atom. The van der Waals surface area contributed by atoms with Gasteiger partial charge >= 0.3 is 0 Å². The molecule has 2 aliphatic rings. The molecule has 3 rings (SSSR count). The molecule has 1 aromatic rings. The van der Waals surface area contributed by atoms with E-state index in [9.17, 15) is 4.79 Å². The minimum absolute atomic E-state index is 0.344. The maximum atomic E-state index is 10.7. The third kappa shape index (κ3) is 1.89. The van der Waals surface area contributed by atoms with Gasteiger partial charge in [0.15, 0.2) is 0 Å². The lowest BCUT2D eigenvalue weighted by atomic mass is 9.83. The van der Waals surface area contributed by atoms with Crippen molar-refractivity contribution in [1.82, 2.24) is 0 Å². The fraction of sp³-hybridized carbons (Fsp3) is 0.562. The molecule has 3 heteroatoms. The number of methoxy groups -OCH3 is 1. The molecule has 0 radical (unpaired) electrons. The predicted molar refractivity (Wildman–Crippen MR) is 73.4 cm³/mol. The Hall–Kier alpha value is -1.60. The first-order chi connectivity index (χ1) is 9.22. The zero-order chi connectivity index (χ0) is 13.5. The second-order valence-electron chi connectivity index (χ2n) is 5.66. The summed E-state index contributed by atoms with van der Waals surface area (Å²) in [6.45, 7) is 2.16. The largest absolute Gasteiger partial charge is 0.496 e. The number of nitrogens with zero attached hydrogens (tertiary/aromatic N) is 1. The van der Waals surface area contributed by atoms with E-state index in [0.29, 0.717) is 0 Å². The number of hydrogen-bond acceptors (Lipinski definition) is 3. The standard InChI is InChI=1S/C16H19NO2/c1-11-13-6-4-3-5-12(13)9-14(19-2)15(11)16(7-8-16)17-10-18/h9H,3-8H2,1-2H3. The molecule has 0 aliphatic heterocycles. The maximum Gasteiger partial charge on any atom is 0.235 e. The van der Waals surface area contributed by atoms with Crippen molar-refractivity contribution >= 4 is 6.08 Å². The van der Waals surface area contributed by atoms with Crippen molar-refractivity contribution in [1.29, 1.82) is 0 Å². The summed E-state index contributed by atoms with van der Waals surface area (Å²) >= 11 is 0. The van der Waals surface area contributed by atoms with Crippen molar-refractivity contribution < 1.29 is 9.53 Å². The molecule has 3 nitrogen and oxygen atoms in total. The second kappa shape index (κ2) is 4.50. The molecule has 0 N–H and O–H groups in total. The lowest BCUT2D eigenvalue weighted by Gasteiger charge is -2.25. The zero-order valence-electron chi connectivity index (χ0n) is 11.6. The van der Waals surface area contributed by atoms with E-state index in [4.69, 9.17) is 4.74 Å². The average Bonchev–Trinajstić information content (AvgIpc) is 3.19. The summed E-state index contributed by atoms with van der Waals surface area (Å²) in [7, 11) is 1.70.